The molecule has 4 aliphatic rings. The highest BCUT2D eigenvalue weighted by molar-refractivity contribution is 5.94. The van der Waals surface area contributed by atoms with Crippen molar-refractivity contribution in [3.8, 4) is 23.3 Å². The minimum Gasteiger partial charge on any atom is -0.504 e. The van der Waals surface area contributed by atoms with Gasteiger partial charge < -0.3 is 19.6 Å². The fraction of sp³-hybridized carbons (Fsp3) is 0.483. The number of hydrogen-bond donors (Lipinski definition) is 1. The standard InChI is InChI=1S/C29H32N2O3/c1-17-5-6-19(15-18(17)2)7-12-25(33)31(4)22-10-9-21-23-16-20-8-11-24(32)27-26(20)29(21,28(22)34-27)13-14-30(23)3/h5-6,8,11,15,21-23,28,32H,9-10,13-14,16H2,1-4H3/t21-,22-,23+,28-,29-/m0/s1. The van der Waals surface area contributed by atoms with E-state index in [1.807, 2.05) is 25.2 Å². The zero-order valence-corrected chi connectivity index (χ0v) is 20.4. The Morgan fingerprint density at radius 2 is 2.03 bits per heavy atom. The number of aromatic hydroxyl groups is 1. The van der Waals surface area contributed by atoms with Crippen LogP contribution in [-0.2, 0) is 16.6 Å². The number of piperidine rings is 1. The van der Waals surface area contributed by atoms with Gasteiger partial charge in [-0.25, -0.2) is 0 Å². The minimum absolute atomic E-state index is 0.0698. The van der Waals surface area contributed by atoms with Crippen molar-refractivity contribution in [3.63, 3.8) is 0 Å². The summed E-state index contributed by atoms with van der Waals surface area (Å²) in [5.74, 6) is 7.12. The van der Waals surface area contributed by atoms with Gasteiger partial charge in [-0.05, 0) is 93.9 Å². The van der Waals surface area contributed by atoms with Crippen LogP contribution in [0.15, 0.2) is 30.3 Å². The fourth-order valence-electron chi connectivity index (χ4n) is 7.29. The summed E-state index contributed by atoms with van der Waals surface area (Å²) in [4.78, 5) is 17.5. The first-order valence-corrected chi connectivity index (χ1v) is 12.4. The van der Waals surface area contributed by atoms with E-state index in [4.69, 9.17) is 4.74 Å². The monoisotopic (exact) mass is 456 g/mol. The number of likely N-dealkylation sites (tertiary alicyclic amines) is 1. The van der Waals surface area contributed by atoms with E-state index in [1.165, 1.54) is 22.3 Å². The smallest absolute Gasteiger partial charge is 0.298 e. The molecule has 1 amide bonds. The number of phenols is 1. The third kappa shape index (κ3) is 2.88. The molecule has 6 rings (SSSR count). The number of benzene rings is 2. The maximum Gasteiger partial charge on any atom is 0.298 e. The van der Waals surface area contributed by atoms with Crippen LogP contribution in [0.3, 0.4) is 0 Å². The summed E-state index contributed by atoms with van der Waals surface area (Å²) < 4.78 is 6.61. The molecule has 1 saturated heterocycles. The maximum absolute atomic E-state index is 13.2. The number of likely N-dealkylation sites (N-methyl/N-ethyl adjacent to an activating group) is 2. The largest absolute Gasteiger partial charge is 0.504 e. The van der Waals surface area contributed by atoms with Crippen molar-refractivity contribution in [2.24, 2.45) is 5.92 Å². The van der Waals surface area contributed by atoms with Gasteiger partial charge in [0.15, 0.2) is 11.5 Å². The van der Waals surface area contributed by atoms with E-state index in [2.05, 4.69) is 43.7 Å². The Kier molecular flexibility index (Phi) is 4.76. The van der Waals surface area contributed by atoms with E-state index in [9.17, 15) is 9.90 Å². The molecule has 5 atom stereocenters. The average Bonchev–Trinajstić information content (AvgIpc) is 3.18. The molecule has 0 unspecified atom stereocenters. The molecule has 0 aromatic heterocycles. The van der Waals surface area contributed by atoms with E-state index in [-0.39, 0.29) is 29.2 Å². The van der Waals surface area contributed by atoms with Gasteiger partial charge in [0.2, 0.25) is 0 Å². The number of rotatable bonds is 1. The molecule has 2 aromatic rings. The number of phenolic OH excluding ortho intramolecular Hbond substituents is 1. The van der Waals surface area contributed by atoms with Crippen LogP contribution in [0.1, 0.15) is 47.1 Å². The summed E-state index contributed by atoms with van der Waals surface area (Å²) in [6, 6.07) is 10.3. The lowest BCUT2D eigenvalue weighted by molar-refractivity contribution is -0.133. The van der Waals surface area contributed by atoms with E-state index in [1.54, 1.807) is 11.0 Å². The van der Waals surface area contributed by atoms with Gasteiger partial charge in [-0.2, -0.15) is 0 Å². The van der Waals surface area contributed by atoms with Gasteiger partial charge in [-0.15, -0.1) is 0 Å². The molecular weight excluding hydrogens is 424 g/mol. The Bertz CT molecular complexity index is 1260. The Morgan fingerprint density at radius 3 is 2.82 bits per heavy atom. The van der Waals surface area contributed by atoms with E-state index < -0.39 is 0 Å². The number of amides is 1. The number of carbonyl (C=O) groups is 1. The van der Waals surface area contributed by atoms with Crippen LogP contribution in [0.5, 0.6) is 11.5 Å². The van der Waals surface area contributed by atoms with Crippen molar-refractivity contribution >= 4 is 5.91 Å². The van der Waals surface area contributed by atoms with Crippen LogP contribution in [0, 0.1) is 31.6 Å². The maximum atomic E-state index is 13.2. The van der Waals surface area contributed by atoms with Crippen LogP contribution < -0.4 is 4.74 Å². The average molecular weight is 457 g/mol. The van der Waals surface area contributed by atoms with Crippen LogP contribution >= 0.6 is 0 Å². The summed E-state index contributed by atoms with van der Waals surface area (Å²) in [5.41, 5.74) is 5.63. The molecule has 1 spiro atoms. The van der Waals surface area contributed by atoms with Crippen molar-refractivity contribution in [2.75, 3.05) is 20.6 Å². The molecule has 5 heteroatoms. The predicted octanol–water partition coefficient (Wildman–Crippen LogP) is 3.56. The lowest BCUT2D eigenvalue weighted by Crippen LogP contribution is -2.68. The molecule has 2 aromatic carbocycles. The Labute approximate surface area is 201 Å². The van der Waals surface area contributed by atoms with Crippen molar-refractivity contribution in [1.82, 2.24) is 9.80 Å². The third-order valence-corrected chi connectivity index (χ3v) is 9.20. The molecule has 34 heavy (non-hydrogen) atoms. The Hall–Kier alpha value is -2.97. The highest BCUT2D eigenvalue weighted by Gasteiger charge is 2.66. The first-order chi connectivity index (χ1) is 16.3. The SMILES string of the molecule is Cc1ccc(C#CC(=O)N(C)[C@H]2CC[C@H]3[C@H]4Cc5ccc(O)c6c5[C@@]3(CCN4C)[C@H]2O6)cc1C. The fourth-order valence-corrected chi connectivity index (χ4v) is 7.29. The third-order valence-electron chi connectivity index (χ3n) is 9.20. The number of carbonyl (C=O) groups excluding carboxylic acids is 1. The van der Waals surface area contributed by atoms with Crippen LogP contribution in [0.25, 0.3) is 0 Å². The van der Waals surface area contributed by atoms with Gasteiger partial charge in [-0.1, -0.05) is 18.1 Å². The molecule has 176 valence electrons. The lowest BCUT2D eigenvalue weighted by Gasteiger charge is -2.59. The van der Waals surface area contributed by atoms with Gasteiger partial charge in [0, 0.05) is 35.6 Å². The van der Waals surface area contributed by atoms with Crippen LogP contribution in [0.4, 0.5) is 0 Å². The number of ether oxygens (including phenoxy) is 1. The summed E-state index contributed by atoms with van der Waals surface area (Å²) in [6.45, 7) is 5.14. The van der Waals surface area contributed by atoms with Gasteiger partial charge in [-0.3, -0.25) is 4.79 Å². The lowest BCUT2D eigenvalue weighted by atomic mass is 9.51. The molecule has 1 saturated carbocycles. The second-order valence-corrected chi connectivity index (χ2v) is 10.7. The molecule has 1 N–H and O–H groups in total. The number of nitrogens with zero attached hydrogens (tertiary/aromatic N) is 2. The van der Waals surface area contributed by atoms with Gasteiger partial charge in [0.1, 0.15) is 6.10 Å². The van der Waals surface area contributed by atoms with E-state index in [0.717, 1.165) is 37.8 Å². The van der Waals surface area contributed by atoms with Gasteiger partial charge >= 0.3 is 0 Å². The van der Waals surface area contributed by atoms with Gasteiger partial charge in [0.25, 0.3) is 5.91 Å². The zero-order chi connectivity index (χ0) is 23.8. The highest BCUT2D eigenvalue weighted by Crippen LogP contribution is 2.64. The summed E-state index contributed by atoms with van der Waals surface area (Å²) >= 11 is 0. The first-order valence-electron chi connectivity index (χ1n) is 12.4. The Morgan fingerprint density at radius 1 is 1.21 bits per heavy atom. The summed E-state index contributed by atoms with van der Waals surface area (Å²) in [7, 11) is 4.10. The molecule has 5 nitrogen and oxygen atoms in total. The zero-order valence-electron chi connectivity index (χ0n) is 20.4. The van der Waals surface area contributed by atoms with Gasteiger partial charge in [0.05, 0.1) is 6.04 Å². The summed E-state index contributed by atoms with van der Waals surface area (Å²) in [5, 5.41) is 10.7. The molecule has 2 aliphatic carbocycles. The second kappa shape index (κ2) is 7.52. The highest BCUT2D eigenvalue weighted by atomic mass is 16.5. The molecule has 2 fully saturated rings. The number of aryl methyl sites for hydroxylation is 2. The van der Waals surface area contributed by atoms with Crippen molar-refractivity contribution in [2.45, 2.75) is 63.1 Å². The molecule has 2 bridgehead atoms. The normalized spacial score (nSPS) is 30.6. The summed E-state index contributed by atoms with van der Waals surface area (Å²) in [6.07, 6.45) is 3.78. The second-order valence-electron chi connectivity index (χ2n) is 10.7. The van der Waals surface area contributed by atoms with E-state index in [0.29, 0.717) is 17.7 Å². The molecular formula is C29H32N2O3. The Balaban J connectivity index is 1.35. The van der Waals surface area contributed by atoms with Crippen molar-refractivity contribution < 1.29 is 14.6 Å². The first kappa shape index (κ1) is 21.6. The van der Waals surface area contributed by atoms with Crippen molar-refractivity contribution in [3.05, 3.63) is 58.1 Å². The molecule has 0 radical (unpaired) electrons. The van der Waals surface area contributed by atoms with E-state index >= 15 is 0 Å². The van der Waals surface area contributed by atoms with Crippen molar-refractivity contribution in [1.29, 1.82) is 0 Å². The topological polar surface area (TPSA) is 53.0 Å². The molecule has 2 aliphatic heterocycles. The minimum atomic E-state index is -0.178. The number of hydrogen-bond acceptors (Lipinski definition) is 4. The predicted molar refractivity (Wildman–Crippen MR) is 131 cm³/mol. The van der Waals surface area contributed by atoms with Crippen LogP contribution in [0.2, 0.25) is 0 Å². The molecule has 2 heterocycles. The van der Waals surface area contributed by atoms with Crippen LogP contribution in [-0.4, -0.2) is 59.6 Å². The quantitative estimate of drug-likeness (QED) is 0.667.